The second-order valence-corrected chi connectivity index (χ2v) is 5.43. The Morgan fingerprint density at radius 3 is 2.50 bits per heavy atom. The Morgan fingerprint density at radius 2 is 2.00 bits per heavy atom. The molecule has 1 aromatic rings. The Balaban J connectivity index is 2.73. The average molecular weight is 286 g/mol. The molecule has 3 heteroatoms. The summed E-state index contributed by atoms with van der Waals surface area (Å²) < 4.78 is 1.12. The van der Waals surface area contributed by atoms with Gasteiger partial charge in [-0.1, -0.05) is 35.0 Å². The van der Waals surface area contributed by atoms with Crippen molar-refractivity contribution < 1.29 is 5.11 Å². The highest BCUT2D eigenvalue weighted by molar-refractivity contribution is 9.10. The summed E-state index contributed by atoms with van der Waals surface area (Å²) in [5.41, 5.74) is 8.13. The Hall–Kier alpha value is -0.380. The molecule has 0 spiro atoms. The minimum Gasteiger partial charge on any atom is -0.392 e. The number of halogens is 1. The van der Waals surface area contributed by atoms with Gasteiger partial charge in [0, 0.05) is 10.5 Å². The van der Waals surface area contributed by atoms with Crippen molar-refractivity contribution in [3.05, 3.63) is 33.8 Å². The van der Waals surface area contributed by atoms with Crippen molar-refractivity contribution in [2.75, 3.05) is 0 Å². The third-order valence-corrected chi connectivity index (χ3v) is 3.84. The van der Waals surface area contributed by atoms with Crippen molar-refractivity contribution in [1.29, 1.82) is 0 Å². The van der Waals surface area contributed by atoms with Crippen LogP contribution in [-0.2, 0) is 0 Å². The van der Waals surface area contributed by atoms with Crippen LogP contribution in [0.3, 0.4) is 0 Å². The zero-order chi connectivity index (χ0) is 12.3. The molecule has 0 radical (unpaired) electrons. The Morgan fingerprint density at radius 1 is 1.38 bits per heavy atom. The molecular weight excluding hydrogens is 266 g/mol. The molecule has 0 amide bonds. The van der Waals surface area contributed by atoms with Crippen LogP contribution >= 0.6 is 15.9 Å². The van der Waals surface area contributed by atoms with Gasteiger partial charge in [0.1, 0.15) is 0 Å². The zero-order valence-corrected chi connectivity index (χ0v) is 11.7. The van der Waals surface area contributed by atoms with Crippen LogP contribution in [0.5, 0.6) is 0 Å². The highest BCUT2D eigenvalue weighted by Crippen LogP contribution is 2.25. The number of aliphatic hydroxyl groups is 1. The lowest BCUT2D eigenvalue weighted by Gasteiger charge is -2.20. The number of nitrogens with two attached hydrogens (primary N) is 1. The monoisotopic (exact) mass is 285 g/mol. The quantitative estimate of drug-likeness (QED) is 0.894. The predicted molar refractivity (Wildman–Crippen MR) is 71.6 cm³/mol. The molecule has 0 aromatic heterocycles. The summed E-state index contributed by atoms with van der Waals surface area (Å²) in [5.74, 6) is 0.327. The maximum atomic E-state index is 9.75. The van der Waals surface area contributed by atoms with E-state index >= 15 is 0 Å². The first-order valence-corrected chi connectivity index (χ1v) is 6.40. The van der Waals surface area contributed by atoms with E-state index in [1.807, 2.05) is 6.92 Å². The third-order valence-electron chi connectivity index (χ3n) is 2.95. The maximum Gasteiger partial charge on any atom is 0.0694 e. The zero-order valence-electron chi connectivity index (χ0n) is 10.1. The second-order valence-electron chi connectivity index (χ2n) is 4.57. The van der Waals surface area contributed by atoms with Gasteiger partial charge in [0.05, 0.1) is 6.10 Å². The van der Waals surface area contributed by atoms with E-state index in [-0.39, 0.29) is 6.04 Å². The van der Waals surface area contributed by atoms with E-state index in [4.69, 9.17) is 5.73 Å². The lowest BCUT2D eigenvalue weighted by molar-refractivity contribution is 0.134. The van der Waals surface area contributed by atoms with Crippen LogP contribution in [0.1, 0.15) is 37.3 Å². The van der Waals surface area contributed by atoms with Crippen LogP contribution in [0.2, 0.25) is 0 Å². The summed E-state index contributed by atoms with van der Waals surface area (Å²) in [6.07, 6.45) is 0.276. The molecule has 3 atom stereocenters. The molecule has 2 nitrogen and oxygen atoms in total. The molecule has 0 fully saturated rings. The fraction of sp³-hybridized carbons (Fsp3) is 0.538. The molecular formula is C13H20BrNO. The van der Waals surface area contributed by atoms with E-state index in [0.717, 1.165) is 4.47 Å². The van der Waals surface area contributed by atoms with Crippen molar-refractivity contribution >= 4 is 15.9 Å². The topological polar surface area (TPSA) is 46.2 Å². The summed E-state index contributed by atoms with van der Waals surface area (Å²) in [5, 5.41) is 9.75. The first-order valence-electron chi connectivity index (χ1n) is 5.61. The van der Waals surface area contributed by atoms with Gasteiger partial charge in [-0.15, -0.1) is 0 Å². The van der Waals surface area contributed by atoms with Crippen molar-refractivity contribution in [1.82, 2.24) is 0 Å². The largest absolute Gasteiger partial charge is 0.392 e. The van der Waals surface area contributed by atoms with Crippen molar-refractivity contribution in [2.24, 2.45) is 5.73 Å². The average Bonchev–Trinajstić information content (AvgIpc) is 2.21. The predicted octanol–water partition coefficient (Wildman–Crippen LogP) is 2.96. The lowest BCUT2D eigenvalue weighted by atomic mass is 9.92. The lowest BCUT2D eigenvalue weighted by Crippen LogP contribution is -2.32. The van der Waals surface area contributed by atoms with Crippen LogP contribution in [-0.4, -0.2) is 17.3 Å². The van der Waals surface area contributed by atoms with E-state index in [1.165, 1.54) is 11.1 Å². The summed E-state index contributed by atoms with van der Waals surface area (Å²) >= 11 is 3.48. The normalized spacial score (nSPS) is 16.9. The van der Waals surface area contributed by atoms with Gasteiger partial charge < -0.3 is 10.8 Å². The number of hydrogen-bond acceptors (Lipinski definition) is 2. The molecule has 1 rings (SSSR count). The van der Waals surface area contributed by atoms with Crippen molar-refractivity contribution in [2.45, 2.75) is 45.3 Å². The molecule has 0 aliphatic carbocycles. The Labute approximate surface area is 106 Å². The van der Waals surface area contributed by atoms with Crippen molar-refractivity contribution in [3.8, 4) is 0 Å². The highest BCUT2D eigenvalue weighted by Gasteiger charge is 2.15. The first kappa shape index (κ1) is 13.7. The van der Waals surface area contributed by atoms with E-state index in [0.29, 0.717) is 12.3 Å². The van der Waals surface area contributed by atoms with Crippen LogP contribution in [0.15, 0.2) is 22.7 Å². The molecule has 1 aromatic carbocycles. The molecule has 0 saturated heterocycles. The molecule has 0 heterocycles. The van der Waals surface area contributed by atoms with Gasteiger partial charge in [-0.3, -0.25) is 0 Å². The van der Waals surface area contributed by atoms with Gasteiger partial charge >= 0.3 is 0 Å². The minimum atomic E-state index is -0.432. The maximum absolute atomic E-state index is 9.75. The van der Waals surface area contributed by atoms with Gasteiger partial charge in [0.2, 0.25) is 0 Å². The summed E-state index contributed by atoms with van der Waals surface area (Å²) in [6.45, 7) is 6.03. The van der Waals surface area contributed by atoms with Crippen LogP contribution in [0.4, 0.5) is 0 Å². The number of rotatable bonds is 4. The number of benzene rings is 1. The van der Waals surface area contributed by atoms with Gasteiger partial charge in [-0.05, 0) is 43.4 Å². The smallest absolute Gasteiger partial charge is 0.0694 e. The standard InChI is InChI=1S/C13H20BrNO/c1-8(7-13(16)10(3)15)11-4-5-12(14)9(2)6-11/h4-6,8,10,13,16H,7,15H2,1-3H3. The molecule has 90 valence electrons. The molecule has 3 N–H and O–H groups in total. The summed E-state index contributed by atoms with van der Waals surface area (Å²) in [4.78, 5) is 0. The molecule has 16 heavy (non-hydrogen) atoms. The summed E-state index contributed by atoms with van der Waals surface area (Å²) in [6, 6.07) is 6.14. The fourth-order valence-electron chi connectivity index (χ4n) is 1.69. The summed E-state index contributed by atoms with van der Waals surface area (Å²) in [7, 11) is 0. The van der Waals surface area contributed by atoms with Crippen LogP contribution < -0.4 is 5.73 Å². The van der Waals surface area contributed by atoms with Crippen molar-refractivity contribution in [3.63, 3.8) is 0 Å². The van der Waals surface area contributed by atoms with Gasteiger partial charge in [-0.25, -0.2) is 0 Å². The molecule has 0 aliphatic rings. The second kappa shape index (κ2) is 5.80. The van der Waals surface area contributed by atoms with E-state index in [1.54, 1.807) is 0 Å². The third kappa shape index (κ3) is 3.58. The molecule has 3 unspecified atom stereocenters. The van der Waals surface area contributed by atoms with E-state index < -0.39 is 6.10 Å². The van der Waals surface area contributed by atoms with E-state index in [9.17, 15) is 5.11 Å². The molecule has 0 saturated carbocycles. The molecule has 0 aliphatic heterocycles. The number of aliphatic hydroxyl groups excluding tert-OH is 1. The SMILES string of the molecule is Cc1cc(C(C)CC(O)C(C)N)ccc1Br. The number of aryl methyl sites for hydroxylation is 1. The Kier molecular flexibility index (Phi) is 4.96. The van der Waals surface area contributed by atoms with E-state index in [2.05, 4.69) is 48.0 Å². The van der Waals surface area contributed by atoms with Crippen LogP contribution in [0.25, 0.3) is 0 Å². The fourth-order valence-corrected chi connectivity index (χ4v) is 1.93. The minimum absolute atomic E-state index is 0.168. The Bertz CT molecular complexity index is 352. The van der Waals surface area contributed by atoms with Crippen LogP contribution in [0, 0.1) is 6.92 Å². The highest BCUT2D eigenvalue weighted by atomic mass is 79.9. The molecule has 0 bridgehead atoms. The number of hydrogen-bond donors (Lipinski definition) is 2. The van der Waals surface area contributed by atoms with Gasteiger partial charge in [0.25, 0.3) is 0 Å². The first-order chi connectivity index (χ1) is 7.41. The van der Waals surface area contributed by atoms with Gasteiger partial charge in [-0.2, -0.15) is 0 Å². The van der Waals surface area contributed by atoms with Gasteiger partial charge in [0.15, 0.2) is 0 Å².